The zero-order valence-corrected chi connectivity index (χ0v) is 19.3. The third-order valence-corrected chi connectivity index (χ3v) is 7.63. The SMILES string of the molecule is COc1ccc(NC(=O)CN2C(=O)CCOc3ccccc32)cc1S(=O)(=O)N1CCCCC1. The van der Waals surface area contributed by atoms with Crippen molar-refractivity contribution in [3.8, 4) is 11.5 Å². The highest BCUT2D eigenvalue weighted by atomic mass is 32.2. The molecule has 2 aliphatic rings. The standard InChI is InChI=1S/C23H27N3O6S/c1-31-20-10-9-17(15-21(20)33(29,30)25-12-5-2-6-13-25)24-22(27)16-26-18-7-3-4-8-19(18)32-14-11-23(26)28/h3-4,7-10,15H,2,5-6,11-14,16H2,1H3,(H,24,27). The second-order valence-corrected chi connectivity index (χ2v) is 9.83. The van der Waals surface area contributed by atoms with Crippen LogP contribution in [0.4, 0.5) is 11.4 Å². The number of hydrogen-bond donors (Lipinski definition) is 1. The van der Waals surface area contributed by atoms with Crippen LogP contribution in [-0.2, 0) is 19.6 Å². The molecule has 4 rings (SSSR count). The minimum Gasteiger partial charge on any atom is -0.495 e. The summed E-state index contributed by atoms with van der Waals surface area (Å²) in [5.41, 5.74) is 0.835. The van der Waals surface area contributed by atoms with E-state index >= 15 is 0 Å². The third-order valence-electron chi connectivity index (χ3n) is 5.71. The smallest absolute Gasteiger partial charge is 0.246 e. The lowest BCUT2D eigenvalue weighted by atomic mass is 10.2. The molecule has 0 saturated carbocycles. The fraction of sp³-hybridized carbons (Fsp3) is 0.391. The van der Waals surface area contributed by atoms with Crippen LogP contribution in [0.3, 0.4) is 0 Å². The van der Waals surface area contributed by atoms with Crippen LogP contribution < -0.4 is 19.7 Å². The Morgan fingerprint density at radius 1 is 1.12 bits per heavy atom. The number of hydrogen-bond acceptors (Lipinski definition) is 6. The minimum atomic E-state index is -3.77. The van der Waals surface area contributed by atoms with Crippen molar-refractivity contribution in [2.24, 2.45) is 0 Å². The molecule has 1 fully saturated rings. The summed E-state index contributed by atoms with van der Waals surface area (Å²) in [5, 5.41) is 2.72. The van der Waals surface area contributed by atoms with Crippen LogP contribution in [0, 0.1) is 0 Å². The number of piperidine rings is 1. The molecule has 0 unspecified atom stereocenters. The van der Waals surface area contributed by atoms with Gasteiger partial charge in [0.2, 0.25) is 21.8 Å². The summed E-state index contributed by atoms with van der Waals surface area (Å²) in [6, 6.07) is 11.5. The van der Waals surface area contributed by atoms with E-state index in [-0.39, 0.29) is 36.1 Å². The number of carbonyl (C=O) groups excluding carboxylic acids is 2. The van der Waals surface area contributed by atoms with Gasteiger partial charge in [-0.1, -0.05) is 18.6 Å². The van der Waals surface area contributed by atoms with Crippen LogP contribution >= 0.6 is 0 Å². The van der Waals surface area contributed by atoms with Crippen molar-refractivity contribution in [3.63, 3.8) is 0 Å². The number of amides is 2. The second kappa shape index (κ2) is 9.80. The largest absolute Gasteiger partial charge is 0.495 e. The van der Waals surface area contributed by atoms with E-state index < -0.39 is 15.9 Å². The molecule has 9 nitrogen and oxygen atoms in total. The normalized spacial score (nSPS) is 17.0. The molecule has 0 spiro atoms. The van der Waals surface area contributed by atoms with Crippen molar-refractivity contribution >= 4 is 33.2 Å². The van der Waals surface area contributed by atoms with Gasteiger partial charge in [-0.3, -0.25) is 14.5 Å². The Bertz CT molecular complexity index is 1140. The van der Waals surface area contributed by atoms with E-state index in [1.54, 1.807) is 30.3 Å². The monoisotopic (exact) mass is 473 g/mol. The Balaban J connectivity index is 1.55. The fourth-order valence-corrected chi connectivity index (χ4v) is 5.74. The predicted molar refractivity (Wildman–Crippen MR) is 123 cm³/mol. The van der Waals surface area contributed by atoms with E-state index in [0.29, 0.717) is 30.2 Å². The molecular weight excluding hydrogens is 446 g/mol. The summed E-state index contributed by atoms with van der Waals surface area (Å²) >= 11 is 0. The summed E-state index contributed by atoms with van der Waals surface area (Å²) in [4.78, 5) is 26.8. The van der Waals surface area contributed by atoms with Gasteiger partial charge in [-0.05, 0) is 43.2 Å². The summed E-state index contributed by atoms with van der Waals surface area (Å²) in [7, 11) is -2.36. The van der Waals surface area contributed by atoms with Gasteiger partial charge in [-0.25, -0.2) is 8.42 Å². The van der Waals surface area contributed by atoms with E-state index in [0.717, 1.165) is 19.3 Å². The number of nitrogens with zero attached hydrogens (tertiary/aromatic N) is 2. The molecule has 1 N–H and O–H groups in total. The lowest BCUT2D eigenvalue weighted by Gasteiger charge is -2.26. The second-order valence-electron chi connectivity index (χ2n) is 7.92. The number of methoxy groups -OCH3 is 1. The average molecular weight is 474 g/mol. The number of rotatable bonds is 6. The highest BCUT2D eigenvalue weighted by Gasteiger charge is 2.30. The molecule has 0 bridgehead atoms. The van der Waals surface area contributed by atoms with Crippen LogP contribution in [0.5, 0.6) is 11.5 Å². The molecule has 176 valence electrons. The van der Waals surface area contributed by atoms with Crippen molar-refractivity contribution in [1.29, 1.82) is 0 Å². The Morgan fingerprint density at radius 2 is 1.88 bits per heavy atom. The van der Waals surface area contributed by atoms with Gasteiger partial charge in [0.15, 0.2) is 0 Å². The number of ether oxygens (including phenoxy) is 2. The molecule has 1 saturated heterocycles. The molecule has 0 radical (unpaired) electrons. The molecule has 0 aromatic heterocycles. The number of anilines is 2. The van der Waals surface area contributed by atoms with Crippen molar-refractivity contribution in [3.05, 3.63) is 42.5 Å². The van der Waals surface area contributed by atoms with E-state index in [1.165, 1.54) is 28.4 Å². The van der Waals surface area contributed by atoms with Gasteiger partial charge < -0.3 is 14.8 Å². The Kier molecular flexibility index (Phi) is 6.85. The zero-order valence-electron chi connectivity index (χ0n) is 18.5. The summed E-state index contributed by atoms with van der Waals surface area (Å²) in [6.07, 6.45) is 2.78. The van der Waals surface area contributed by atoms with Gasteiger partial charge in [0.05, 0.1) is 25.8 Å². The highest BCUT2D eigenvalue weighted by molar-refractivity contribution is 7.89. The summed E-state index contributed by atoms with van der Waals surface area (Å²) in [6.45, 7) is 0.935. The number of carbonyl (C=O) groups is 2. The first-order valence-corrected chi connectivity index (χ1v) is 12.3. The topological polar surface area (TPSA) is 105 Å². The number of nitrogens with one attached hydrogen (secondary N) is 1. The Hall–Kier alpha value is -3.11. The first kappa shape index (κ1) is 23.1. The molecule has 2 amide bonds. The Labute approximate surface area is 193 Å². The zero-order chi connectivity index (χ0) is 23.4. The quantitative estimate of drug-likeness (QED) is 0.692. The predicted octanol–water partition coefficient (Wildman–Crippen LogP) is 2.62. The van der Waals surface area contributed by atoms with Crippen LogP contribution in [0.25, 0.3) is 0 Å². The lowest BCUT2D eigenvalue weighted by Crippen LogP contribution is -2.38. The maximum Gasteiger partial charge on any atom is 0.246 e. The van der Waals surface area contributed by atoms with Gasteiger partial charge in [0, 0.05) is 18.8 Å². The summed E-state index contributed by atoms with van der Waals surface area (Å²) < 4.78 is 38.8. The molecule has 10 heteroatoms. The number of fused-ring (bicyclic) bond motifs is 1. The van der Waals surface area contributed by atoms with Crippen molar-refractivity contribution < 1.29 is 27.5 Å². The fourth-order valence-electron chi connectivity index (χ4n) is 4.04. The number of benzene rings is 2. The molecule has 2 aromatic rings. The van der Waals surface area contributed by atoms with E-state index in [1.807, 2.05) is 0 Å². The lowest BCUT2D eigenvalue weighted by molar-refractivity contribution is -0.121. The molecule has 0 atom stereocenters. The van der Waals surface area contributed by atoms with Crippen LogP contribution in [0.1, 0.15) is 25.7 Å². The van der Waals surface area contributed by atoms with Crippen LogP contribution in [0.2, 0.25) is 0 Å². The van der Waals surface area contributed by atoms with E-state index in [2.05, 4.69) is 5.32 Å². The first-order chi connectivity index (χ1) is 15.9. The molecular formula is C23H27N3O6S. The van der Waals surface area contributed by atoms with Gasteiger partial charge in [0.1, 0.15) is 22.9 Å². The highest BCUT2D eigenvalue weighted by Crippen LogP contribution is 2.32. The maximum absolute atomic E-state index is 13.2. The van der Waals surface area contributed by atoms with Gasteiger partial charge in [0.25, 0.3) is 0 Å². The maximum atomic E-state index is 13.2. The van der Waals surface area contributed by atoms with E-state index in [9.17, 15) is 18.0 Å². The molecule has 33 heavy (non-hydrogen) atoms. The van der Waals surface area contributed by atoms with Crippen molar-refractivity contribution in [2.75, 3.05) is 43.6 Å². The van der Waals surface area contributed by atoms with Crippen molar-refractivity contribution in [2.45, 2.75) is 30.6 Å². The number of sulfonamides is 1. The van der Waals surface area contributed by atoms with E-state index in [4.69, 9.17) is 9.47 Å². The van der Waals surface area contributed by atoms with Crippen molar-refractivity contribution in [1.82, 2.24) is 4.31 Å². The first-order valence-electron chi connectivity index (χ1n) is 10.9. The third kappa shape index (κ3) is 4.96. The molecule has 2 aromatic carbocycles. The number of para-hydroxylation sites is 2. The minimum absolute atomic E-state index is 0.00861. The molecule has 0 aliphatic carbocycles. The van der Waals surface area contributed by atoms with Gasteiger partial charge in [-0.15, -0.1) is 0 Å². The van der Waals surface area contributed by atoms with Crippen LogP contribution in [-0.4, -0.2) is 57.9 Å². The average Bonchev–Trinajstić information content (AvgIpc) is 2.98. The Morgan fingerprint density at radius 3 is 2.64 bits per heavy atom. The van der Waals surface area contributed by atoms with Crippen LogP contribution in [0.15, 0.2) is 47.4 Å². The molecule has 2 heterocycles. The summed E-state index contributed by atoms with van der Waals surface area (Å²) in [5.74, 6) is 0.0765. The van der Waals surface area contributed by atoms with Gasteiger partial charge in [-0.2, -0.15) is 4.31 Å². The molecule has 2 aliphatic heterocycles. The van der Waals surface area contributed by atoms with Gasteiger partial charge >= 0.3 is 0 Å².